The largest absolute Gasteiger partial charge is 0.462 e. The highest BCUT2D eigenvalue weighted by atomic mass is 16.6. The smallest absolute Gasteiger partial charge is 0.306 e. The Morgan fingerprint density at radius 1 is 0.833 bits per heavy atom. The summed E-state index contributed by atoms with van der Waals surface area (Å²) in [7, 11) is 0. The van der Waals surface area contributed by atoms with E-state index in [4.69, 9.17) is 14.6 Å². The number of esters is 2. The molecule has 0 fully saturated rings. The minimum absolute atomic E-state index is 0.0764. The van der Waals surface area contributed by atoms with Gasteiger partial charge in [-0.05, 0) is 6.42 Å². The van der Waals surface area contributed by atoms with Gasteiger partial charge in [0.1, 0.15) is 6.61 Å². The van der Waals surface area contributed by atoms with E-state index in [0.29, 0.717) is 6.42 Å². The highest BCUT2D eigenvalue weighted by molar-refractivity contribution is 5.70. The topological polar surface area (TPSA) is 72.8 Å². The van der Waals surface area contributed by atoms with Crippen LogP contribution in [0, 0.1) is 0 Å². The van der Waals surface area contributed by atoms with Crippen LogP contribution in [0.4, 0.5) is 0 Å². The normalized spacial score (nSPS) is 12.0. The molecule has 24 heavy (non-hydrogen) atoms. The lowest BCUT2D eigenvalue weighted by Crippen LogP contribution is -2.28. The van der Waals surface area contributed by atoms with Crippen LogP contribution < -0.4 is 0 Å². The first-order chi connectivity index (χ1) is 11.6. The van der Waals surface area contributed by atoms with Gasteiger partial charge in [0.2, 0.25) is 0 Å². The second-order valence-electron chi connectivity index (χ2n) is 6.26. The zero-order valence-corrected chi connectivity index (χ0v) is 15.6. The van der Waals surface area contributed by atoms with Gasteiger partial charge in [-0.2, -0.15) is 0 Å². The zero-order chi connectivity index (χ0) is 18.0. The molecule has 0 rings (SSSR count). The summed E-state index contributed by atoms with van der Waals surface area (Å²) in [5, 5.41) is 9.14. The Morgan fingerprint density at radius 3 is 1.88 bits per heavy atom. The molecule has 0 aromatic rings. The van der Waals surface area contributed by atoms with E-state index < -0.39 is 6.10 Å². The molecule has 0 radical (unpaired) electrons. The van der Waals surface area contributed by atoms with E-state index in [1.54, 1.807) is 6.92 Å². The molecule has 0 aromatic carbocycles. The van der Waals surface area contributed by atoms with Gasteiger partial charge in [0.05, 0.1) is 6.61 Å². The Balaban J connectivity index is 3.52. The van der Waals surface area contributed by atoms with Crippen molar-refractivity contribution >= 4 is 11.9 Å². The summed E-state index contributed by atoms with van der Waals surface area (Å²) in [5.74, 6) is -0.694. The summed E-state index contributed by atoms with van der Waals surface area (Å²) in [6.07, 6.45) is 12.0. The van der Waals surface area contributed by atoms with Crippen molar-refractivity contribution in [1.82, 2.24) is 0 Å². The molecule has 142 valence electrons. The Labute approximate surface area is 147 Å². The number of unbranched alkanes of at least 4 members (excludes halogenated alkanes) is 9. The van der Waals surface area contributed by atoms with E-state index in [1.807, 2.05) is 0 Å². The quantitative estimate of drug-likeness (QED) is 0.336. The van der Waals surface area contributed by atoms with E-state index in [0.717, 1.165) is 19.3 Å². The molecule has 5 heteroatoms. The lowest BCUT2D eigenvalue weighted by Gasteiger charge is -2.15. The third-order valence-corrected chi connectivity index (χ3v) is 3.96. The average molecular weight is 344 g/mol. The number of carbonyl (C=O) groups is 2. The molecule has 0 saturated heterocycles. The fourth-order valence-corrected chi connectivity index (χ4v) is 2.41. The number of carbonyl (C=O) groups excluding carboxylic acids is 2. The highest BCUT2D eigenvalue weighted by Gasteiger charge is 2.15. The van der Waals surface area contributed by atoms with Crippen molar-refractivity contribution in [3.63, 3.8) is 0 Å². The molecular formula is C19H36O5. The molecule has 0 aromatic heterocycles. The van der Waals surface area contributed by atoms with Crippen LogP contribution in [-0.4, -0.2) is 36.4 Å². The zero-order valence-electron chi connectivity index (χ0n) is 15.6. The lowest BCUT2D eigenvalue weighted by atomic mass is 10.1. The third kappa shape index (κ3) is 14.5. The maximum Gasteiger partial charge on any atom is 0.306 e. The van der Waals surface area contributed by atoms with Gasteiger partial charge < -0.3 is 14.6 Å². The van der Waals surface area contributed by atoms with Crippen LogP contribution >= 0.6 is 0 Å². The van der Waals surface area contributed by atoms with Gasteiger partial charge >= 0.3 is 11.9 Å². The predicted molar refractivity (Wildman–Crippen MR) is 94.7 cm³/mol. The Hall–Kier alpha value is -1.10. The van der Waals surface area contributed by atoms with Gasteiger partial charge in [0, 0.05) is 12.8 Å². The van der Waals surface area contributed by atoms with Crippen LogP contribution in [0.2, 0.25) is 0 Å². The minimum atomic E-state index is -0.754. The van der Waals surface area contributed by atoms with Crippen LogP contribution in [-0.2, 0) is 19.1 Å². The van der Waals surface area contributed by atoms with Crippen LogP contribution in [0.15, 0.2) is 0 Å². The molecular weight excluding hydrogens is 308 g/mol. The molecule has 1 unspecified atom stereocenters. The summed E-state index contributed by atoms with van der Waals surface area (Å²) in [5.41, 5.74) is 0. The summed E-state index contributed by atoms with van der Waals surface area (Å²) in [6, 6.07) is 0. The van der Waals surface area contributed by atoms with Gasteiger partial charge in [-0.1, -0.05) is 71.6 Å². The van der Waals surface area contributed by atoms with Crippen LogP contribution in [0.3, 0.4) is 0 Å². The first-order valence-electron chi connectivity index (χ1n) is 9.59. The Kier molecular flexibility index (Phi) is 16.0. The van der Waals surface area contributed by atoms with Crippen LogP contribution in [0.25, 0.3) is 0 Å². The maximum atomic E-state index is 11.7. The Bertz CT molecular complexity index is 317. The monoisotopic (exact) mass is 344 g/mol. The minimum Gasteiger partial charge on any atom is -0.462 e. The molecule has 0 bridgehead atoms. The van der Waals surface area contributed by atoms with Crippen molar-refractivity contribution in [1.29, 1.82) is 0 Å². The lowest BCUT2D eigenvalue weighted by molar-refractivity contribution is -0.161. The molecule has 0 spiro atoms. The molecule has 0 amide bonds. The van der Waals surface area contributed by atoms with Gasteiger partial charge in [0.15, 0.2) is 6.10 Å². The molecule has 0 aliphatic rings. The van der Waals surface area contributed by atoms with Crippen molar-refractivity contribution in [2.45, 2.75) is 97.0 Å². The molecule has 5 nitrogen and oxygen atoms in total. The van der Waals surface area contributed by atoms with E-state index in [1.165, 1.54) is 44.9 Å². The van der Waals surface area contributed by atoms with Crippen LogP contribution in [0.5, 0.6) is 0 Å². The SMILES string of the molecule is CCCCCCCCCCCCC(=O)OC(CO)COC(=O)CC. The van der Waals surface area contributed by atoms with Crippen molar-refractivity contribution in [3.8, 4) is 0 Å². The fourth-order valence-electron chi connectivity index (χ4n) is 2.41. The summed E-state index contributed by atoms with van der Waals surface area (Å²) in [4.78, 5) is 22.7. The molecule has 0 aliphatic carbocycles. The van der Waals surface area contributed by atoms with E-state index in [-0.39, 0.29) is 31.6 Å². The van der Waals surface area contributed by atoms with Crippen molar-refractivity contribution < 1.29 is 24.2 Å². The highest BCUT2D eigenvalue weighted by Crippen LogP contribution is 2.11. The summed E-state index contributed by atoms with van der Waals surface area (Å²) < 4.78 is 9.98. The van der Waals surface area contributed by atoms with Crippen molar-refractivity contribution in [2.75, 3.05) is 13.2 Å². The van der Waals surface area contributed by atoms with Crippen LogP contribution in [0.1, 0.15) is 90.9 Å². The summed E-state index contributed by atoms with van der Waals surface area (Å²) >= 11 is 0. The van der Waals surface area contributed by atoms with Gasteiger partial charge in [0.25, 0.3) is 0 Å². The number of aliphatic hydroxyl groups excluding tert-OH is 1. The van der Waals surface area contributed by atoms with E-state index in [2.05, 4.69) is 6.92 Å². The number of hydrogen-bond donors (Lipinski definition) is 1. The van der Waals surface area contributed by atoms with Crippen molar-refractivity contribution in [3.05, 3.63) is 0 Å². The molecule has 1 N–H and O–H groups in total. The summed E-state index contributed by atoms with van der Waals surface area (Å²) in [6.45, 7) is 3.51. The molecule has 0 heterocycles. The Morgan fingerprint density at radius 2 is 1.38 bits per heavy atom. The average Bonchev–Trinajstić information content (AvgIpc) is 2.59. The predicted octanol–water partition coefficient (Wildman–Crippen LogP) is 4.15. The molecule has 0 aliphatic heterocycles. The van der Waals surface area contributed by atoms with E-state index >= 15 is 0 Å². The number of hydrogen-bond acceptors (Lipinski definition) is 5. The van der Waals surface area contributed by atoms with Gasteiger partial charge in [-0.25, -0.2) is 0 Å². The second-order valence-corrected chi connectivity index (χ2v) is 6.26. The standard InChI is InChI=1S/C19H36O5/c1-3-5-6-7-8-9-10-11-12-13-14-19(22)24-17(15-20)16-23-18(21)4-2/h17,20H,3-16H2,1-2H3. The van der Waals surface area contributed by atoms with E-state index in [9.17, 15) is 9.59 Å². The molecule has 1 atom stereocenters. The second kappa shape index (κ2) is 16.7. The first-order valence-corrected chi connectivity index (χ1v) is 9.59. The van der Waals surface area contributed by atoms with Gasteiger partial charge in [-0.3, -0.25) is 9.59 Å². The van der Waals surface area contributed by atoms with Gasteiger partial charge in [-0.15, -0.1) is 0 Å². The third-order valence-electron chi connectivity index (χ3n) is 3.96. The van der Waals surface area contributed by atoms with Crippen molar-refractivity contribution in [2.24, 2.45) is 0 Å². The first kappa shape index (κ1) is 22.9. The number of ether oxygens (including phenoxy) is 2. The number of aliphatic hydroxyl groups is 1. The molecule has 0 saturated carbocycles. The maximum absolute atomic E-state index is 11.7. The number of rotatable bonds is 16. The fraction of sp³-hybridized carbons (Fsp3) is 0.895.